The van der Waals surface area contributed by atoms with E-state index in [1.54, 1.807) is 29.8 Å². The molecule has 0 unspecified atom stereocenters. The summed E-state index contributed by atoms with van der Waals surface area (Å²) in [5.74, 6) is -0.0949. The first-order valence-corrected chi connectivity index (χ1v) is 9.01. The summed E-state index contributed by atoms with van der Waals surface area (Å²) >= 11 is 1.31. The van der Waals surface area contributed by atoms with Gasteiger partial charge in [-0.15, -0.1) is 11.3 Å². The topological polar surface area (TPSA) is 97.1 Å². The van der Waals surface area contributed by atoms with Gasteiger partial charge >= 0.3 is 0 Å². The van der Waals surface area contributed by atoms with Gasteiger partial charge in [-0.3, -0.25) is 9.59 Å². The molecule has 0 aliphatic rings. The molecule has 2 aromatic heterocycles. The van der Waals surface area contributed by atoms with E-state index in [0.29, 0.717) is 22.0 Å². The van der Waals surface area contributed by atoms with Gasteiger partial charge < -0.3 is 15.2 Å². The Balaban J connectivity index is 1.50. The van der Waals surface area contributed by atoms with Gasteiger partial charge in [0.1, 0.15) is 5.52 Å². The van der Waals surface area contributed by atoms with Crippen LogP contribution in [-0.2, 0) is 4.79 Å². The van der Waals surface area contributed by atoms with E-state index in [0.717, 1.165) is 10.9 Å². The molecule has 4 rings (SSSR count). The summed E-state index contributed by atoms with van der Waals surface area (Å²) in [6, 6.07) is 14.6. The summed E-state index contributed by atoms with van der Waals surface area (Å²) in [5.41, 5.74) is 1.96. The van der Waals surface area contributed by atoms with Gasteiger partial charge in [-0.05, 0) is 18.2 Å². The standard InChI is InChI=1S/C19H14N4O3S/c24-16(22-19-20-8-9-27-19)11-21-18(25)13-6-7-15-14(10-13)17(26-23-15)12-4-2-1-3-5-12/h1-10H,11H2,(H,21,25)(H,20,22,24). The van der Waals surface area contributed by atoms with Crippen LogP contribution in [0.4, 0.5) is 5.13 Å². The predicted molar refractivity (Wildman–Crippen MR) is 103 cm³/mol. The molecule has 8 heteroatoms. The fourth-order valence-corrected chi connectivity index (χ4v) is 3.14. The van der Waals surface area contributed by atoms with Crippen molar-refractivity contribution in [3.63, 3.8) is 0 Å². The van der Waals surface area contributed by atoms with Gasteiger partial charge in [-0.1, -0.05) is 35.5 Å². The van der Waals surface area contributed by atoms with Gasteiger partial charge in [0, 0.05) is 22.7 Å². The molecule has 0 atom stereocenters. The summed E-state index contributed by atoms with van der Waals surface area (Å²) in [6.07, 6.45) is 1.59. The van der Waals surface area contributed by atoms with Crippen LogP contribution >= 0.6 is 11.3 Å². The van der Waals surface area contributed by atoms with E-state index in [1.165, 1.54) is 11.3 Å². The van der Waals surface area contributed by atoms with Gasteiger partial charge in [0.25, 0.3) is 5.91 Å². The van der Waals surface area contributed by atoms with E-state index < -0.39 is 0 Å². The number of rotatable bonds is 5. The second-order valence-corrected chi connectivity index (χ2v) is 6.57. The van der Waals surface area contributed by atoms with Crippen LogP contribution in [0.2, 0.25) is 0 Å². The monoisotopic (exact) mass is 378 g/mol. The van der Waals surface area contributed by atoms with Crippen LogP contribution in [0.3, 0.4) is 0 Å². The average Bonchev–Trinajstić information content (AvgIpc) is 3.36. The minimum absolute atomic E-state index is 0.147. The highest BCUT2D eigenvalue weighted by atomic mass is 32.1. The number of amides is 2. The normalized spacial score (nSPS) is 10.7. The summed E-state index contributed by atoms with van der Waals surface area (Å²) in [6.45, 7) is -0.147. The lowest BCUT2D eigenvalue weighted by Crippen LogP contribution is -2.32. The molecule has 0 aliphatic heterocycles. The lowest BCUT2D eigenvalue weighted by molar-refractivity contribution is -0.115. The molecule has 2 amide bonds. The zero-order chi connectivity index (χ0) is 18.6. The molecular formula is C19H14N4O3S. The fraction of sp³-hybridized carbons (Fsp3) is 0.0526. The lowest BCUT2D eigenvalue weighted by atomic mass is 10.1. The average molecular weight is 378 g/mol. The first kappa shape index (κ1) is 16.9. The van der Waals surface area contributed by atoms with Crippen molar-refractivity contribution >= 4 is 39.2 Å². The number of aromatic nitrogens is 2. The van der Waals surface area contributed by atoms with Gasteiger partial charge in [0.2, 0.25) is 5.91 Å². The van der Waals surface area contributed by atoms with Crippen LogP contribution in [0.1, 0.15) is 10.4 Å². The zero-order valence-corrected chi connectivity index (χ0v) is 14.8. The van der Waals surface area contributed by atoms with Crippen LogP contribution in [0.25, 0.3) is 22.2 Å². The van der Waals surface area contributed by atoms with E-state index in [2.05, 4.69) is 20.8 Å². The summed E-state index contributed by atoms with van der Waals surface area (Å²) in [4.78, 5) is 28.2. The number of fused-ring (bicyclic) bond motifs is 1. The Bertz CT molecular complexity index is 1090. The number of benzene rings is 2. The molecule has 0 saturated carbocycles. The van der Waals surface area contributed by atoms with Crippen molar-refractivity contribution in [3.8, 4) is 11.3 Å². The van der Waals surface area contributed by atoms with Crippen molar-refractivity contribution in [1.82, 2.24) is 15.5 Å². The number of nitrogens with zero attached hydrogens (tertiary/aromatic N) is 2. The van der Waals surface area contributed by atoms with Gasteiger partial charge in [-0.2, -0.15) is 0 Å². The molecule has 4 aromatic rings. The molecule has 2 N–H and O–H groups in total. The summed E-state index contributed by atoms with van der Waals surface area (Å²) in [5, 5.41) is 12.2. The van der Waals surface area contributed by atoms with E-state index in [1.807, 2.05) is 30.3 Å². The Morgan fingerprint density at radius 1 is 1.11 bits per heavy atom. The van der Waals surface area contributed by atoms with Crippen molar-refractivity contribution < 1.29 is 14.1 Å². The van der Waals surface area contributed by atoms with E-state index in [9.17, 15) is 9.59 Å². The molecule has 2 aromatic carbocycles. The first-order chi connectivity index (χ1) is 13.2. The van der Waals surface area contributed by atoms with Crippen molar-refractivity contribution in [2.45, 2.75) is 0 Å². The number of hydrogen-bond acceptors (Lipinski definition) is 6. The van der Waals surface area contributed by atoms with Crippen molar-refractivity contribution in [1.29, 1.82) is 0 Å². The number of anilines is 1. The molecule has 0 saturated heterocycles. The zero-order valence-electron chi connectivity index (χ0n) is 14.0. The van der Waals surface area contributed by atoms with Crippen molar-refractivity contribution in [3.05, 3.63) is 65.7 Å². The molecule has 0 bridgehead atoms. The Labute approximate surface area is 158 Å². The van der Waals surface area contributed by atoms with Crippen LogP contribution in [0.15, 0.2) is 64.6 Å². The third kappa shape index (κ3) is 3.70. The Morgan fingerprint density at radius 2 is 1.96 bits per heavy atom. The highest BCUT2D eigenvalue weighted by Gasteiger charge is 2.14. The van der Waals surface area contributed by atoms with Gasteiger partial charge in [0.15, 0.2) is 10.9 Å². The second kappa shape index (κ2) is 7.38. The van der Waals surface area contributed by atoms with Crippen LogP contribution in [0, 0.1) is 0 Å². The van der Waals surface area contributed by atoms with Crippen LogP contribution in [0.5, 0.6) is 0 Å². The molecule has 0 fully saturated rings. The first-order valence-electron chi connectivity index (χ1n) is 8.13. The predicted octanol–water partition coefficient (Wildman–Crippen LogP) is 3.32. The maximum Gasteiger partial charge on any atom is 0.251 e. The number of carbonyl (C=O) groups excluding carboxylic acids is 2. The number of nitrogens with one attached hydrogen (secondary N) is 2. The van der Waals surface area contributed by atoms with E-state index >= 15 is 0 Å². The number of thiazole rings is 1. The largest absolute Gasteiger partial charge is 0.355 e. The third-order valence-corrected chi connectivity index (χ3v) is 4.55. The van der Waals surface area contributed by atoms with Crippen LogP contribution < -0.4 is 10.6 Å². The molecule has 134 valence electrons. The Morgan fingerprint density at radius 3 is 2.74 bits per heavy atom. The lowest BCUT2D eigenvalue weighted by Gasteiger charge is -2.05. The van der Waals surface area contributed by atoms with Crippen molar-refractivity contribution in [2.24, 2.45) is 0 Å². The molecule has 0 aliphatic carbocycles. The summed E-state index contributed by atoms with van der Waals surface area (Å²) in [7, 11) is 0. The molecular weight excluding hydrogens is 364 g/mol. The fourth-order valence-electron chi connectivity index (χ4n) is 2.59. The van der Waals surface area contributed by atoms with E-state index in [4.69, 9.17) is 4.52 Å². The molecule has 0 radical (unpaired) electrons. The second-order valence-electron chi connectivity index (χ2n) is 5.68. The molecule has 27 heavy (non-hydrogen) atoms. The highest BCUT2D eigenvalue weighted by Crippen LogP contribution is 2.29. The maximum atomic E-state index is 12.4. The van der Waals surface area contributed by atoms with Crippen LogP contribution in [-0.4, -0.2) is 28.5 Å². The Hall–Kier alpha value is -3.52. The Kier molecular flexibility index (Phi) is 4.63. The van der Waals surface area contributed by atoms with Gasteiger partial charge in [-0.25, -0.2) is 4.98 Å². The maximum absolute atomic E-state index is 12.4. The number of carbonyl (C=O) groups is 2. The van der Waals surface area contributed by atoms with E-state index in [-0.39, 0.29) is 18.4 Å². The SMILES string of the molecule is O=C(CNC(=O)c1ccc2noc(-c3ccccc3)c2c1)Nc1nccs1. The molecule has 7 nitrogen and oxygen atoms in total. The smallest absolute Gasteiger partial charge is 0.251 e. The minimum Gasteiger partial charge on any atom is -0.355 e. The van der Waals surface area contributed by atoms with Crippen molar-refractivity contribution in [2.75, 3.05) is 11.9 Å². The number of hydrogen-bond donors (Lipinski definition) is 2. The molecule has 2 heterocycles. The highest BCUT2D eigenvalue weighted by molar-refractivity contribution is 7.13. The minimum atomic E-state index is -0.355. The molecule has 0 spiro atoms. The summed E-state index contributed by atoms with van der Waals surface area (Å²) < 4.78 is 5.44. The quantitative estimate of drug-likeness (QED) is 0.555. The van der Waals surface area contributed by atoms with Gasteiger partial charge in [0.05, 0.1) is 11.9 Å². The third-order valence-electron chi connectivity index (χ3n) is 3.86.